The van der Waals surface area contributed by atoms with Crippen LogP contribution in [0, 0.1) is 6.92 Å². The third kappa shape index (κ3) is 2.48. The predicted octanol–water partition coefficient (Wildman–Crippen LogP) is 3.14. The first-order chi connectivity index (χ1) is 12.1. The summed E-state index contributed by atoms with van der Waals surface area (Å²) < 4.78 is 11.1. The molecule has 0 saturated heterocycles. The van der Waals surface area contributed by atoms with E-state index >= 15 is 0 Å². The lowest BCUT2D eigenvalue weighted by atomic mass is 10.1. The zero-order valence-corrected chi connectivity index (χ0v) is 14.1. The number of aliphatic hydroxyl groups excluding tert-OH is 1. The SMILES string of the molecule is COc1cccc2c(C)c(C(=O)NC3c4ccccc4CC3O)oc12. The highest BCUT2D eigenvalue weighted by Crippen LogP contribution is 2.34. The van der Waals surface area contributed by atoms with Gasteiger partial charge in [-0.1, -0.05) is 36.4 Å². The summed E-state index contributed by atoms with van der Waals surface area (Å²) in [6.45, 7) is 1.85. The summed E-state index contributed by atoms with van der Waals surface area (Å²) in [5.41, 5.74) is 3.32. The van der Waals surface area contributed by atoms with Gasteiger partial charge < -0.3 is 19.6 Å². The molecule has 3 aromatic rings. The van der Waals surface area contributed by atoms with E-state index in [0.29, 0.717) is 17.8 Å². The number of hydrogen-bond acceptors (Lipinski definition) is 4. The number of methoxy groups -OCH3 is 1. The van der Waals surface area contributed by atoms with Gasteiger partial charge in [-0.25, -0.2) is 0 Å². The molecular weight excluding hydrogens is 318 g/mol. The molecule has 25 heavy (non-hydrogen) atoms. The van der Waals surface area contributed by atoms with E-state index in [9.17, 15) is 9.90 Å². The second-order valence-electron chi connectivity index (χ2n) is 6.31. The number of furan rings is 1. The van der Waals surface area contributed by atoms with Crippen molar-refractivity contribution in [3.63, 3.8) is 0 Å². The van der Waals surface area contributed by atoms with E-state index in [4.69, 9.17) is 9.15 Å². The van der Waals surface area contributed by atoms with E-state index in [-0.39, 0.29) is 11.7 Å². The molecule has 5 nitrogen and oxygen atoms in total. The standard InChI is InChI=1S/C20H19NO4/c1-11-13-8-5-9-16(24-2)19(13)25-18(11)20(23)21-17-14-7-4-3-6-12(14)10-15(17)22/h3-9,15,17,22H,10H2,1-2H3,(H,21,23). The molecule has 1 aliphatic rings. The van der Waals surface area contributed by atoms with Crippen LogP contribution in [-0.2, 0) is 6.42 Å². The number of aliphatic hydroxyl groups is 1. The molecule has 1 aromatic heterocycles. The Kier molecular flexibility index (Phi) is 3.73. The molecule has 1 heterocycles. The molecule has 0 radical (unpaired) electrons. The molecule has 2 unspecified atom stereocenters. The Morgan fingerprint density at radius 2 is 2.04 bits per heavy atom. The minimum Gasteiger partial charge on any atom is -0.493 e. The van der Waals surface area contributed by atoms with E-state index in [1.807, 2.05) is 43.3 Å². The normalized spacial score (nSPS) is 19.0. The van der Waals surface area contributed by atoms with Crippen molar-refractivity contribution < 1.29 is 19.1 Å². The van der Waals surface area contributed by atoms with Crippen LogP contribution in [-0.4, -0.2) is 24.2 Å². The van der Waals surface area contributed by atoms with E-state index in [1.165, 1.54) is 0 Å². The van der Waals surface area contributed by atoms with Gasteiger partial charge in [-0.15, -0.1) is 0 Å². The van der Waals surface area contributed by atoms with Gasteiger partial charge in [0.2, 0.25) is 0 Å². The molecule has 0 aliphatic heterocycles. The Morgan fingerprint density at radius 3 is 2.84 bits per heavy atom. The van der Waals surface area contributed by atoms with Crippen molar-refractivity contribution in [1.29, 1.82) is 0 Å². The molecule has 4 rings (SSSR count). The number of aryl methyl sites for hydroxylation is 1. The van der Waals surface area contributed by atoms with Crippen molar-refractivity contribution in [3.05, 3.63) is 64.9 Å². The Bertz CT molecular complexity index is 959. The minimum absolute atomic E-state index is 0.246. The van der Waals surface area contributed by atoms with Crippen LogP contribution >= 0.6 is 0 Å². The average molecular weight is 337 g/mol. The summed E-state index contributed by atoms with van der Waals surface area (Å²) in [5, 5.41) is 14.1. The number of para-hydroxylation sites is 1. The average Bonchev–Trinajstić information content (AvgIpc) is 3.12. The highest BCUT2D eigenvalue weighted by molar-refractivity contribution is 6.00. The number of benzene rings is 2. The van der Waals surface area contributed by atoms with Gasteiger partial charge in [0.1, 0.15) is 0 Å². The van der Waals surface area contributed by atoms with Crippen molar-refractivity contribution in [2.45, 2.75) is 25.5 Å². The number of carbonyl (C=O) groups excluding carboxylic acids is 1. The van der Waals surface area contributed by atoms with Crippen LogP contribution in [0.25, 0.3) is 11.0 Å². The smallest absolute Gasteiger partial charge is 0.287 e. The van der Waals surface area contributed by atoms with Crippen LogP contribution in [0.2, 0.25) is 0 Å². The van der Waals surface area contributed by atoms with Gasteiger partial charge in [0.25, 0.3) is 5.91 Å². The van der Waals surface area contributed by atoms with Gasteiger partial charge in [-0.3, -0.25) is 4.79 Å². The van der Waals surface area contributed by atoms with E-state index in [0.717, 1.165) is 22.1 Å². The Labute approximate surface area is 145 Å². The van der Waals surface area contributed by atoms with Crippen molar-refractivity contribution in [3.8, 4) is 5.75 Å². The third-order valence-electron chi connectivity index (χ3n) is 4.84. The zero-order chi connectivity index (χ0) is 17.6. The first-order valence-electron chi connectivity index (χ1n) is 8.23. The first kappa shape index (κ1) is 15.7. The van der Waals surface area contributed by atoms with Crippen LogP contribution in [0.4, 0.5) is 0 Å². The molecule has 2 atom stereocenters. The van der Waals surface area contributed by atoms with Crippen molar-refractivity contribution >= 4 is 16.9 Å². The lowest BCUT2D eigenvalue weighted by Gasteiger charge is -2.17. The molecule has 0 fully saturated rings. The number of carbonyl (C=O) groups is 1. The zero-order valence-electron chi connectivity index (χ0n) is 14.1. The van der Waals surface area contributed by atoms with E-state index < -0.39 is 12.1 Å². The van der Waals surface area contributed by atoms with E-state index in [1.54, 1.807) is 13.2 Å². The predicted molar refractivity (Wildman–Crippen MR) is 93.9 cm³/mol. The lowest BCUT2D eigenvalue weighted by Crippen LogP contribution is -2.33. The second kappa shape index (κ2) is 5.93. The molecule has 0 spiro atoms. The minimum atomic E-state index is -0.638. The highest BCUT2D eigenvalue weighted by Gasteiger charge is 2.33. The van der Waals surface area contributed by atoms with Crippen molar-refractivity contribution in [2.75, 3.05) is 7.11 Å². The monoisotopic (exact) mass is 337 g/mol. The van der Waals surface area contributed by atoms with Gasteiger partial charge in [-0.2, -0.15) is 0 Å². The molecule has 1 aliphatic carbocycles. The molecule has 0 saturated carbocycles. The molecular formula is C20H19NO4. The topological polar surface area (TPSA) is 71.7 Å². The Hall–Kier alpha value is -2.79. The maximum absolute atomic E-state index is 12.8. The molecule has 0 bridgehead atoms. The van der Waals surface area contributed by atoms with Crippen molar-refractivity contribution in [2.24, 2.45) is 0 Å². The highest BCUT2D eigenvalue weighted by atomic mass is 16.5. The second-order valence-corrected chi connectivity index (χ2v) is 6.31. The van der Waals surface area contributed by atoms with Crippen LogP contribution in [0.1, 0.15) is 33.3 Å². The van der Waals surface area contributed by atoms with Crippen LogP contribution in [0.15, 0.2) is 46.9 Å². The molecule has 5 heteroatoms. The number of rotatable bonds is 3. The summed E-state index contributed by atoms with van der Waals surface area (Å²) in [6, 6.07) is 12.9. The molecule has 128 valence electrons. The fourth-order valence-corrected chi connectivity index (χ4v) is 3.55. The van der Waals surface area contributed by atoms with Gasteiger partial charge in [0.15, 0.2) is 17.1 Å². The molecule has 1 amide bonds. The Morgan fingerprint density at radius 1 is 1.24 bits per heavy atom. The summed E-state index contributed by atoms with van der Waals surface area (Å²) in [7, 11) is 1.57. The summed E-state index contributed by atoms with van der Waals surface area (Å²) in [4.78, 5) is 12.8. The van der Waals surface area contributed by atoms with Crippen molar-refractivity contribution in [1.82, 2.24) is 5.32 Å². The number of amides is 1. The first-order valence-corrected chi connectivity index (χ1v) is 8.23. The fraction of sp³-hybridized carbons (Fsp3) is 0.250. The summed E-state index contributed by atoms with van der Waals surface area (Å²) in [6.07, 6.45) is -0.103. The van der Waals surface area contributed by atoms with Crippen LogP contribution < -0.4 is 10.1 Å². The number of nitrogens with one attached hydrogen (secondary N) is 1. The molecule has 2 aromatic carbocycles. The fourth-order valence-electron chi connectivity index (χ4n) is 3.55. The van der Waals surface area contributed by atoms with Gasteiger partial charge in [-0.05, 0) is 24.1 Å². The van der Waals surface area contributed by atoms with Crippen LogP contribution in [0.3, 0.4) is 0 Å². The maximum Gasteiger partial charge on any atom is 0.287 e. The Balaban J connectivity index is 1.68. The quantitative estimate of drug-likeness (QED) is 0.770. The summed E-state index contributed by atoms with van der Waals surface area (Å²) in [5.74, 6) is 0.499. The third-order valence-corrected chi connectivity index (χ3v) is 4.84. The number of fused-ring (bicyclic) bond motifs is 2. The maximum atomic E-state index is 12.8. The van der Waals surface area contributed by atoms with Gasteiger partial charge in [0, 0.05) is 17.4 Å². The molecule has 2 N–H and O–H groups in total. The van der Waals surface area contributed by atoms with Gasteiger partial charge >= 0.3 is 0 Å². The lowest BCUT2D eigenvalue weighted by molar-refractivity contribution is 0.0833. The summed E-state index contributed by atoms with van der Waals surface area (Å²) >= 11 is 0. The number of ether oxygens (including phenoxy) is 1. The number of hydrogen-bond donors (Lipinski definition) is 2. The van der Waals surface area contributed by atoms with Crippen LogP contribution in [0.5, 0.6) is 5.75 Å². The van der Waals surface area contributed by atoms with Gasteiger partial charge in [0.05, 0.1) is 19.3 Å². The van der Waals surface area contributed by atoms with E-state index in [2.05, 4.69) is 5.32 Å². The largest absolute Gasteiger partial charge is 0.493 e.